The molecule has 12 heavy (non-hydrogen) atoms. The molecular weight excluding hydrogens is 214 g/mol. The molecule has 2 heteroatoms. The first-order valence-corrected chi connectivity index (χ1v) is 5.45. The van der Waals surface area contributed by atoms with E-state index in [1.807, 2.05) is 0 Å². The third kappa shape index (κ3) is 2.91. The molecule has 0 saturated heterocycles. The average Bonchev–Trinajstić information content (AvgIpc) is 1.96. The minimum Gasteiger partial charge on any atom is -0.298 e. The fraction of sp³-hybridized carbons (Fsp3) is 0.800. The van der Waals surface area contributed by atoms with Gasteiger partial charge in [-0.2, -0.15) is 0 Å². The topological polar surface area (TPSA) is 3.24 Å². The Hall–Kier alpha value is 0.180. The first-order valence-electron chi connectivity index (χ1n) is 4.66. The summed E-state index contributed by atoms with van der Waals surface area (Å²) in [6, 6.07) is 0. The van der Waals surface area contributed by atoms with Gasteiger partial charge in [-0.25, -0.2) is 0 Å². The molecule has 1 rings (SSSR count). The molecule has 0 amide bonds. The van der Waals surface area contributed by atoms with Gasteiger partial charge in [-0.15, -0.1) is 0 Å². The van der Waals surface area contributed by atoms with Crippen molar-refractivity contribution in [2.45, 2.75) is 27.2 Å². The molecule has 0 atom stereocenters. The largest absolute Gasteiger partial charge is 0.298 e. The number of hydrogen-bond donors (Lipinski definition) is 0. The molecule has 70 valence electrons. The van der Waals surface area contributed by atoms with Crippen LogP contribution in [0.1, 0.15) is 27.2 Å². The first kappa shape index (κ1) is 10.3. The predicted octanol–water partition coefficient (Wildman–Crippen LogP) is 3.02. The van der Waals surface area contributed by atoms with E-state index in [0.717, 1.165) is 12.5 Å². The molecule has 0 aliphatic carbocycles. The van der Waals surface area contributed by atoms with E-state index in [2.05, 4.69) is 41.6 Å². The van der Waals surface area contributed by atoms with Crippen molar-refractivity contribution < 1.29 is 0 Å². The van der Waals surface area contributed by atoms with Gasteiger partial charge in [0.15, 0.2) is 0 Å². The number of rotatable bonds is 2. The van der Waals surface area contributed by atoms with E-state index in [0.29, 0.717) is 0 Å². The molecule has 0 aromatic heterocycles. The van der Waals surface area contributed by atoms with E-state index in [1.165, 1.54) is 29.6 Å². The third-order valence-corrected chi connectivity index (χ3v) is 3.18. The van der Waals surface area contributed by atoms with Crippen molar-refractivity contribution in [2.75, 3.05) is 19.6 Å². The van der Waals surface area contributed by atoms with E-state index in [-0.39, 0.29) is 0 Å². The maximum Gasteiger partial charge on any atom is 0.0299 e. The van der Waals surface area contributed by atoms with Gasteiger partial charge in [0, 0.05) is 24.1 Å². The molecule has 0 saturated carbocycles. The minimum absolute atomic E-state index is 0.781. The second-order valence-corrected chi connectivity index (χ2v) is 5.02. The Balaban J connectivity index is 2.44. The zero-order valence-corrected chi connectivity index (χ0v) is 9.82. The van der Waals surface area contributed by atoms with Crippen LogP contribution in [-0.2, 0) is 0 Å². The molecule has 0 fully saturated rings. The van der Waals surface area contributed by atoms with Crippen molar-refractivity contribution in [1.29, 1.82) is 0 Å². The molecule has 0 bridgehead atoms. The van der Waals surface area contributed by atoms with Crippen LogP contribution in [0.5, 0.6) is 0 Å². The Morgan fingerprint density at radius 2 is 2.17 bits per heavy atom. The van der Waals surface area contributed by atoms with Crippen molar-refractivity contribution >= 4 is 15.9 Å². The second kappa shape index (κ2) is 4.43. The molecule has 0 aromatic carbocycles. The summed E-state index contributed by atoms with van der Waals surface area (Å²) in [4.78, 5) is 2.52. The average molecular weight is 232 g/mol. The summed E-state index contributed by atoms with van der Waals surface area (Å²) in [6.07, 6.45) is 1.23. The number of halogens is 1. The van der Waals surface area contributed by atoms with Crippen LogP contribution < -0.4 is 0 Å². The summed E-state index contributed by atoms with van der Waals surface area (Å²) in [7, 11) is 0. The Labute approximate surface area is 84.0 Å². The molecule has 0 aromatic rings. The molecular formula is C10H18BrN. The van der Waals surface area contributed by atoms with Crippen LogP contribution in [0.25, 0.3) is 0 Å². The van der Waals surface area contributed by atoms with Gasteiger partial charge in [0.2, 0.25) is 0 Å². The van der Waals surface area contributed by atoms with Crippen LogP contribution in [0, 0.1) is 5.92 Å². The summed E-state index contributed by atoms with van der Waals surface area (Å²) >= 11 is 3.62. The zero-order chi connectivity index (χ0) is 9.14. The van der Waals surface area contributed by atoms with Crippen molar-refractivity contribution in [3.05, 3.63) is 10.1 Å². The van der Waals surface area contributed by atoms with E-state index in [1.54, 1.807) is 0 Å². The Kier molecular flexibility index (Phi) is 3.78. The van der Waals surface area contributed by atoms with Crippen LogP contribution in [0.4, 0.5) is 0 Å². The molecule has 1 nitrogen and oxygen atoms in total. The fourth-order valence-corrected chi connectivity index (χ4v) is 2.10. The summed E-state index contributed by atoms with van der Waals surface area (Å²) in [6.45, 7) is 10.3. The van der Waals surface area contributed by atoms with Gasteiger partial charge >= 0.3 is 0 Å². The van der Waals surface area contributed by atoms with Gasteiger partial charge in [-0.3, -0.25) is 4.90 Å². The van der Waals surface area contributed by atoms with Crippen LogP contribution in [-0.4, -0.2) is 24.5 Å². The molecule has 1 aliphatic rings. The molecule has 1 aliphatic heterocycles. The van der Waals surface area contributed by atoms with Crippen LogP contribution >= 0.6 is 15.9 Å². The Bertz CT molecular complexity index is 184. The molecule has 0 unspecified atom stereocenters. The van der Waals surface area contributed by atoms with Gasteiger partial charge in [-0.05, 0) is 19.3 Å². The summed E-state index contributed by atoms with van der Waals surface area (Å²) < 4.78 is 1.40. The lowest BCUT2D eigenvalue weighted by atomic mass is 10.1. The fourth-order valence-electron chi connectivity index (χ4n) is 1.54. The standard InChI is InChI=1S/C10H18BrN/c1-8(2)6-12-5-4-9(3)10(11)7-12/h8H,4-7H2,1-3H3. The maximum absolute atomic E-state index is 3.62. The minimum atomic E-state index is 0.781. The molecule has 0 radical (unpaired) electrons. The quantitative estimate of drug-likeness (QED) is 0.707. The van der Waals surface area contributed by atoms with Crippen LogP contribution in [0.15, 0.2) is 10.1 Å². The Morgan fingerprint density at radius 3 is 2.67 bits per heavy atom. The zero-order valence-electron chi connectivity index (χ0n) is 8.23. The highest BCUT2D eigenvalue weighted by molar-refractivity contribution is 9.11. The lowest BCUT2D eigenvalue weighted by Crippen LogP contribution is -2.33. The predicted molar refractivity (Wildman–Crippen MR) is 57.5 cm³/mol. The number of nitrogens with zero attached hydrogens (tertiary/aromatic N) is 1. The molecule has 0 N–H and O–H groups in total. The number of hydrogen-bond acceptors (Lipinski definition) is 1. The molecule has 1 heterocycles. The van der Waals surface area contributed by atoms with E-state index < -0.39 is 0 Å². The van der Waals surface area contributed by atoms with Gasteiger partial charge in [-0.1, -0.05) is 35.4 Å². The first-order chi connectivity index (χ1) is 5.59. The van der Waals surface area contributed by atoms with E-state index in [4.69, 9.17) is 0 Å². The van der Waals surface area contributed by atoms with Crippen molar-refractivity contribution in [3.63, 3.8) is 0 Å². The normalized spacial score (nSPS) is 20.8. The summed E-state index contributed by atoms with van der Waals surface area (Å²) in [5, 5.41) is 0. The lowest BCUT2D eigenvalue weighted by molar-refractivity contribution is 0.260. The second-order valence-electron chi connectivity index (χ2n) is 4.06. The summed E-state index contributed by atoms with van der Waals surface area (Å²) in [5.41, 5.74) is 1.52. The van der Waals surface area contributed by atoms with Crippen molar-refractivity contribution in [2.24, 2.45) is 5.92 Å². The smallest absolute Gasteiger partial charge is 0.0299 e. The van der Waals surface area contributed by atoms with Crippen molar-refractivity contribution in [3.8, 4) is 0 Å². The highest BCUT2D eigenvalue weighted by Crippen LogP contribution is 2.22. The highest BCUT2D eigenvalue weighted by atomic mass is 79.9. The van der Waals surface area contributed by atoms with Crippen LogP contribution in [0.3, 0.4) is 0 Å². The van der Waals surface area contributed by atoms with Crippen LogP contribution in [0.2, 0.25) is 0 Å². The molecule has 0 spiro atoms. The highest BCUT2D eigenvalue weighted by Gasteiger charge is 2.14. The van der Waals surface area contributed by atoms with Gasteiger partial charge in [0.05, 0.1) is 0 Å². The van der Waals surface area contributed by atoms with Crippen molar-refractivity contribution in [1.82, 2.24) is 4.90 Å². The monoisotopic (exact) mass is 231 g/mol. The van der Waals surface area contributed by atoms with E-state index >= 15 is 0 Å². The third-order valence-electron chi connectivity index (χ3n) is 2.25. The SMILES string of the molecule is CC1=C(Br)CN(CC(C)C)CC1. The summed E-state index contributed by atoms with van der Waals surface area (Å²) in [5.74, 6) is 0.781. The van der Waals surface area contributed by atoms with Gasteiger partial charge in [0.1, 0.15) is 0 Å². The Morgan fingerprint density at radius 1 is 1.50 bits per heavy atom. The van der Waals surface area contributed by atoms with E-state index in [9.17, 15) is 0 Å². The van der Waals surface area contributed by atoms with Gasteiger partial charge < -0.3 is 0 Å². The maximum atomic E-state index is 3.62. The lowest BCUT2D eigenvalue weighted by Gasteiger charge is -2.28. The van der Waals surface area contributed by atoms with Gasteiger partial charge in [0.25, 0.3) is 0 Å².